The van der Waals surface area contributed by atoms with Gasteiger partial charge in [-0.05, 0) is 18.1 Å². The lowest BCUT2D eigenvalue weighted by molar-refractivity contribution is 0.691. The summed E-state index contributed by atoms with van der Waals surface area (Å²) in [5, 5.41) is 11.0. The van der Waals surface area contributed by atoms with E-state index < -0.39 is 0 Å². The summed E-state index contributed by atoms with van der Waals surface area (Å²) in [5.41, 5.74) is 2.74. The van der Waals surface area contributed by atoms with Crippen molar-refractivity contribution in [3.63, 3.8) is 0 Å². The van der Waals surface area contributed by atoms with E-state index in [-0.39, 0.29) is 0 Å². The van der Waals surface area contributed by atoms with Gasteiger partial charge in [0.25, 0.3) is 0 Å². The van der Waals surface area contributed by atoms with Crippen molar-refractivity contribution in [2.45, 2.75) is 12.3 Å². The Bertz CT molecular complexity index is 532. The lowest BCUT2D eigenvalue weighted by atomic mass is 9.98. The second kappa shape index (κ2) is 4.72. The summed E-state index contributed by atoms with van der Waals surface area (Å²) < 4.78 is 1.86. The number of rotatable bonds is 4. The average Bonchev–Trinajstić information content (AvgIpc) is 2.97. The number of nitrogens with zero attached hydrogens (tertiary/aromatic N) is 2. The van der Waals surface area contributed by atoms with Crippen LogP contribution in [-0.2, 0) is 7.05 Å². The molecule has 1 aliphatic rings. The summed E-state index contributed by atoms with van der Waals surface area (Å²) in [4.78, 5) is 0. The largest absolute Gasteiger partial charge is 0.384 e. The van der Waals surface area contributed by atoms with Gasteiger partial charge in [-0.1, -0.05) is 18.2 Å². The molecule has 4 heteroatoms. The monoisotopic (exact) mass is 242 g/mol. The van der Waals surface area contributed by atoms with Crippen LogP contribution in [0.3, 0.4) is 0 Å². The Morgan fingerprint density at radius 1 is 1.39 bits per heavy atom. The topological polar surface area (TPSA) is 41.9 Å². The van der Waals surface area contributed by atoms with Gasteiger partial charge in [-0.3, -0.25) is 4.68 Å². The molecule has 1 aromatic carbocycles. The van der Waals surface area contributed by atoms with Crippen LogP contribution in [0.15, 0.2) is 36.5 Å². The molecular formula is C14H18N4. The molecule has 0 bridgehead atoms. The minimum atomic E-state index is 0.613. The van der Waals surface area contributed by atoms with Gasteiger partial charge in [-0.15, -0.1) is 0 Å². The molecule has 0 amide bonds. The first-order valence-corrected chi connectivity index (χ1v) is 6.39. The van der Waals surface area contributed by atoms with Crippen LogP contribution in [0, 0.1) is 0 Å². The fraction of sp³-hybridized carbons (Fsp3) is 0.357. The predicted octanol–water partition coefficient (Wildman–Crippen LogP) is 2.43. The zero-order valence-corrected chi connectivity index (χ0v) is 10.6. The maximum atomic E-state index is 4.14. The van der Waals surface area contributed by atoms with Crippen LogP contribution in [0.4, 0.5) is 11.5 Å². The minimum Gasteiger partial charge on any atom is -0.384 e. The van der Waals surface area contributed by atoms with Gasteiger partial charge >= 0.3 is 0 Å². The number of benzene rings is 1. The highest BCUT2D eigenvalue weighted by Crippen LogP contribution is 2.32. The molecule has 0 saturated carbocycles. The molecule has 4 nitrogen and oxygen atoms in total. The molecule has 0 aliphatic carbocycles. The molecule has 1 aromatic heterocycles. The van der Waals surface area contributed by atoms with Crippen molar-refractivity contribution in [3.05, 3.63) is 42.1 Å². The van der Waals surface area contributed by atoms with E-state index in [2.05, 4.69) is 40.0 Å². The van der Waals surface area contributed by atoms with Crippen molar-refractivity contribution in [3.8, 4) is 0 Å². The van der Waals surface area contributed by atoms with Crippen molar-refractivity contribution < 1.29 is 0 Å². The SMILES string of the molecule is Cn1nccc1NCCC1CNc2ccccc21. The molecule has 2 aromatic rings. The molecule has 1 atom stereocenters. The Labute approximate surface area is 107 Å². The van der Waals surface area contributed by atoms with Crippen molar-refractivity contribution in [1.29, 1.82) is 0 Å². The minimum absolute atomic E-state index is 0.613. The summed E-state index contributed by atoms with van der Waals surface area (Å²) in [7, 11) is 1.95. The maximum absolute atomic E-state index is 4.14. The summed E-state index contributed by atoms with van der Waals surface area (Å²) >= 11 is 0. The van der Waals surface area contributed by atoms with Gasteiger partial charge in [-0.2, -0.15) is 5.10 Å². The second-order valence-corrected chi connectivity index (χ2v) is 4.72. The van der Waals surface area contributed by atoms with Crippen molar-refractivity contribution in [1.82, 2.24) is 9.78 Å². The van der Waals surface area contributed by atoms with Crippen LogP contribution in [-0.4, -0.2) is 22.9 Å². The van der Waals surface area contributed by atoms with Gasteiger partial charge in [0.15, 0.2) is 0 Å². The molecule has 0 radical (unpaired) electrons. The summed E-state index contributed by atoms with van der Waals surface area (Å²) in [6, 6.07) is 10.6. The number of hydrogen-bond acceptors (Lipinski definition) is 3. The molecule has 2 heterocycles. The molecular weight excluding hydrogens is 224 g/mol. The first kappa shape index (κ1) is 11.1. The first-order chi connectivity index (χ1) is 8.84. The fourth-order valence-electron chi connectivity index (χ4n) is 2.54. The molecule has 2 N–H and O–H groups in total. The summed E-state index contributed by atoms with van der Waals surface area (Å²) in [6.45, 7) is 2.02. The smallest absolute Gasteiger partial charge is 0.123 e. The maximum Gasteiger partial charge on any atom is 0.123 e. The lowest BCUT2D eigenvalue weighted by Gasteiger charge is -2.11. The van der Waals surface area contributed by atoms with Crippen LogP contribution >= 0.6 is 0 Å². The average molecular weight is 242 g/mol. The highest BCUT2D eigenvalue weighted by Gasteiger charge is 2.20. The van der Waals surface area contributed by atoms with Gasteiger partial charge in [0, 0.05) is 37.8 Å². The summed E-state index contributed by atoms with van der Waals surface area (Å²) in [6.07, 6.45) is 2.95. The number of aryl methyl sites for hydroxylation is 1. The quantitative estimate of drug-likeness (QED) is 0.865. The molecule has 18 heavy (non-hydrogen) atoms. The van der Waals surface area contributed by atoms with E-state index in [4.69, 9.17) is 0 Å². The van der Waals surface area contributed by atoms with Crippen molar-refractivity contribution in [2.75, 3.05) is 23.7 Å². The van der Waals surface area contributed by atoms with Crippen LogP contribution in [0.25, 0.3) is 0 Å². The lowest BCUT2D eigenvalue weighted by Crippen LogP contribution is -2.11. The van der Waals surface area contributed by atoms with Crippen LogP contribution < -0.4 is 10.6 Å². The van der Waals surface area contributed by atoms with Crippen LogP contribution in [0.2, 0.25) is 0 Å². The van der Waals surface area contributed by atoms with E-state index in [1.807, 2.05) is 24.0 Å². The molecule has 0 fully saturated rings. The van der Waals surface area contributed by atoms with E-state index >= 15 is 0 Å². The Balaban J connectivity index is 1.58. The van der Waals surface area contributed by atoms with Crippen molar-refractivity contribution >= 4 is 11.5 Å². The third-order valence-electron chi connectivity index (χ3n) is 3.56. The number of para-hydroxylation sites is 1. The van der Waals surface area contributed by atoms with E-state index in [0.29, 0.717) is 5.92 Å². The second-order valence-electron chi connectivity index (χ2n) is 4.72. The van der Waals surface area contributed by atoms with Gasteiger partial charge in [0.05, 0.1) is 6.20 Å². The first-order valence-electron chi connectivity index (χ1n) is 6.39. The van der Waals surface area contributed by atoms with Gasteiger partial charge in [0.1, 0.15) is 5.82 Å². The van der Waals surface area contributed by atoms with Gasteiger partial charge in [-0.25, -0.2) is 0 Å². The highest BCUT2D eigenvalue weighted by atomic mass is 15.3. The predicted molar refractivity (Wildman–Crippen MR) is 74.0 cm³/mol. The Kier molecular flexibility index (Phi) is 2.92. The standard InChI is InChI=1S/C14H18N4/c1-18-14(7-9-17-18)15-8-6-11-10-16-13-5-3-2-4-12(11)13/h2-5,7,9,11,15-16H,6,8,10H2,1H3. The van der Waals surface area contributed by atoms with E-state index in [0.717, 1.165) is 25.3 Å². The summed E-state index contributed by atoms with van der Waals surface area (Å²) in [5.74, 6) is 1.69. The van der Waals surface area contributed by atoms with Crippen LogP contribution in [0.1, 0.15) is 17.9 Å². The van der Waals surface area contributed by atoms with Gasteiger partial charge < -0.3 is 10.6 Å². The van der Waals surface area contributed by atoms with Crippen molar-refractivity contribution in [2.24, 2.45) is 7.05 Å². The highest BCUT2D eigenvalue weighted by molar-refractivity contribution is 5.57. The molecule has 3 rings (SSSR count). The Morgan fingerprint density at radius 3 is 3.11 bits per heavy atom. The van der Waals surface area contributed by atoms with Crippen LogP contribution in [0.5, 0.6) is 0 Å². The number of anilines is 2. The number of hydrogen-bond donors (Lipinski definition) is 2. The number of aromatic nitrogens is 2. The third kappa shape index (κ3) is 2.06. The molecule has 1 unspecified atom stereocenters. The zero-order valence-electron chi connectivity index (χ0n) is 10.6. The molecule has 0 spiro atoms. The van der Waals surface area contributed by atoms with E-state index in [1.54, 1.807) is 0 Å². The molecule has 94 valence electrons. The third-order valence-corrected chi connectivity index (χ3v) is 3.56. The molecule has 0 saturated heterocycles. The fourth-order valence-corrected chi connectivity index (χ4v) is 2.54. The zero-order chi connectivity index (χ0) is 12.4. The Morgan fingerprint density at radius 2 is 2.28 bits per heavy atom. The van der Waals surface area contributed by atoms with E-state index in [9.17, 15) is 0 Å². The number of nitrogens with one attached hydrogen (secondary N) is 2. The van der Waals surface area contributed by atoms with Gasteiger partial charge in [0.2, 0.25) is 0 Å². The van der Waals surface area contributed by atoms with E-state index in [1.165, 1.54) is 11.3 Å². The normalized spacial score (nSPS) is 17.3. The molecule has 1 aliphatic heterocycles. The Hall–Kier alpha value is -1.97. The number of fused-ring (bicyclic) bond motifs is 1.